The molecule has 1 aromatic carbocycles. The fourth-order valence-corrected chi connectivity index (χ4v) is 2.58. The first-order chi connectivity index (χ1) is 6.22. The van der Waals surface area contributed by atoms with Crippen LogP contribution >= 0.6 is 11.6 Å². The van der Waals surface area contributed by atoms with E-state index in [2.05, 4.69) is 32.0 Å². The molecule has 0 heterocycles. The van der Waals surface area contributed by atoms with E-state index in [0.717, 1.165) is 12.8 Å². The summed E-state index contributed by atoms with van der Waals surface area (Å²) in [5, 5.41) is 0.247. The summed E-state index contributed by atoms with van der Waals surface area (Å²) in [6.45, 7) is 4.44. The minimum atomic E-state index is 0.247. The molecule has 1 heteroatoms. The van der Waals surface area contributed by atoms with Crippen LogP contribution in [0, 0.1) is 0 Å². The molecule has 0 radical (unpaired) electrons. The van der Waals surface area contributed by atoms with Gasteiger partial charge in [0.1, 0.15) is 0 Å². The summed E-state index contributed by atoms with van der Waals surface area (Å²) in [5.74, 6) is 0.642. The second kappa shape index (κ2) is 3.34. The molecule has 0 fully saturated rings. The number of alkyl halides is 1. The normalized spacial score (nSPS) is 26.1. The van der Waals surface area contributed by atoms with Crippen molar-refractivity contribution in [3.8, 4) is 0 Å². The van der Waals surface area contributed by atoms with Crippen molar-refractivity contribution in [2.24, 2.45) is 0 Å². The Morgan fingerprint density at radius 1 is 1.38 bits per heavy atom. The molecule has 0 bridgehead atoms. The lowest BCUT2D eigenvalue weighted by molar-refractivity contribution is 0.733. The highest BCUT2D eigenvalue weighted by atomic mass is 35.5. The summed E-state index contributed by atoms with van der Waals surface area (Å²) in [5.41, 5.74) is 4.23. The number of halogens is 1. The molecule has 0 saturated carbocycles. The van der Waals surface area contributed by atoms with E-state index in [1.807, 2.05) is 0 Å². The largest absolute Gasteiger partial charge is 0.118 e. The Bertz CT molecular complexity index is 317. The van der Waals surface area contributed by atoms with Crippen LogP contribution in [0.25, 0.3) is 0 Å². The Balaban J connectivity index is 2.46. The number of hydrogen-bond donors (Lipinski definition) is 0. The van der Waals surface area contributed by atoms with Crippen molar-refractivity contribution in [1.29, 1.82) is 0 Å². The Labute approximate surface area is 84.9 Å². The van der Waals surface area contributed by atoms with Gasteiger partial charge in [0.25, 0.3) is 0 Å². The lowest BCUT2D eigenvalue weighted by atomic mass is 10.0. The standard InChI is InChI=1S/C12H15Cl/c1-3-9-4-5-10-8(2)6-12(13)11(10)7-9/h4-5,7-8,12H,3,6H2,1-2H3. The van der Waals surface area contributed by atoms with Gasteiger partial charge in [-0.05, 0) is 35.4 Å². The number of fused-ring (bicyclic) bond motifs is 1. The van der Waals surface area contributed by atoms with E-state index in [4.69, 9.17) is 11.6 Å². The molecule has 0 aromatic heterocycles. The SMILES string of the molecule is CCc1ccc2c(c1)C(Cl)CC2C. The maximum Gasteiger partial charge on any atom is 0.0593 e. The summed E-state index contributed by atoms with van der Waals surface area (Å²) in [6.07, 6.45) is 2.20. The summed E-state index contributed by atoms with van der Waals surface area (Å²) >= 11 is 6.27. The van der Waals surface area contributed by atoms with Crippen LogP contribution in [0.2, 0.25) is 0 Å². The number of rotatable bonds is 1. The topological polar surface area (TPSA) is 0 Å². The zero-order valence-corrected chi connectivity index (χ0v) is 8.93. The van der Waals surface area contributed by atoms with Gasteiger partial charge in [0.05, 0.1) is 5.38 Å². The highest BCUT2D eigenvalue weighted by Crippen LogP contribution is 2.43. The highest BCUT2D eigenvalue weighted by Gasteiger charge is 2.26. The van der Waals surface area contributed by atoms with Crippen LogP contribution in [0.4, 0.5) is 0 Å². The average molecular weight is 195 g/mol. The highest BCUT2D eigenvalue weighted by molar-refractivity contribution is 6.21. The third kappa shape index (κ3) is 1.48. The van der Waals surface area contributed by atoms with Gasteiger partial charge >= 0.3 is 0 Å². The molecule has 13 heavy (non-hydrogen) atoms. The van der Waals surface area contributed by atoms with E-state index in [9.17, 15) is 0 Å². The van der Waals surface area contributed by atoms with Crippen molar-refractivity contribution in [2.45, 2.75) is 38.0 Å². The first-order valence-electron chi connectivity index (χ1n) is 4.99. The van der Waals surface area contributed by atoms with Crippen LogP contribution < -0.4 is 0 Å². The monoisotopic (exact) mass is 194 g/mol. The van der Waals surface area contributed by atoms with Gasteiger partial charge in [-0.2, -0.15) is 0 Å². The van der Waals surface area contributed by atoms with Gasteiger partial charge in [0.15, 0.2) is 0 Å². The summed E-state index contributed by atoms with van der Waals surface area (Å²) < 4.78 is 0. The van der Waals surface area contributed by atoms with Crippen LogP contribution in [0.5, 0.6) is 0 Å². The van der Waals surface area contributed by atoms with E-state index >= 15 is 0 Å². The second-order valence-electron chi connectivity index (χ2n) is 3.92. The first kappa shape index (κ1) is 9.08. The predicted octanol–water partition coefficient (Wildman–Crippen LogP) is 4.04. The second-order valence-corrected chi connectivity index (χ2v) is 4.45. The van der Waals surface area contributed by atoms with Crippen molar-refractivity contribution in [1.82, 2.24) is 0 Å². The molecule has 2 rings (SSSR count). The molecule has 0 amide bonds. The lowest BCUT2D eigenvalue weighted by Gasteiger charge is -2.05. The Hall–Kier alpha value is -0.490. The molecule has 0 nitrogen and oxygen atoms in total. The minimum absolute atomic E-state index is 0.247. The minimum Gasteiger partial charge on any atom is -0.118 e. The molecule has 0 N–H and O–H groups in total. The summed E-state index contributed by atoms with van der Waals surface area (Å²) in [7, 11) is 0. The van der Waals surface area contributed by atoms with Crippen molar-refractivity contribution >= 4 is 11.6 Å². The van der Waals surface area contributed by atoms with Crippen molar-refractivity contribution < 1.29 is 0 Å². The van der Waals surface area contributed by atoms with E-state index in [1.54, 1.807) is 0 Å². The summed E-state index contributed by atoms with van der Waals surface area (Å²) in [4.78, 5) is 0. The number of aryl methyl sites for hydroxylation is 1. The first-order valence-corrected chi connectivity index (χ1v) is 5.42. The van der Waals surface area contributed by atoms with Gasteiger partial charge in [-0.3, -0.25) is 0 Å². The van der Waals surface area contributed by atoms with Crippen molar-refractivity contribution in [3.63, 3.8) is 0 Å². The maximum absolute atomic E-state index is 6.27. The quantitative estimate of drug-likeness (QED) is 0.592. The van der Waals surface area contributed by atoms with E-state index in [-0.39, 0.29) is 5.38 Å². The van der Waals surface area contributed by atoms with Crippen LogP contribution in [0.1, 0.15) is 48.3 Å². The lowest BCUT2D eigenvalue weighted by Crippen LogP contribution is -1.88. The molecule has 1 aromatic rings. The molecule has 1 aliphatic rings. The fourth-order valence-electron chi connectivity index (χ4n) is 2.13. The molecular formula is C12H15Cl. The number of benzene rings is 1. The van der Waals surface area contributed by atoms with E-state index < -0.39 is 0 Å². The maximum atomic E-state index is 6.27. The van der Waals surface area contributed by atoms with Crippen LogP contribution in [-0.2, 0) is 6.42 Å². The third-order valence-electron chi connectivity index (χ3n) is 2.99. The molecule has 2 unspecified atom stereocenters. The summed E-state index contributed by atoms with van der Waals surface area (Å²) in [6, 6.07) is 6.75. The Morgan fingerprint density at radius 2 is 2.15 bits per heavy atom. The van der Waals surface area contributed by atoms with Gasteiger partial charge in [-0.25, -0.2) is 0 Å². The predicted molar refractivity (Wildman–Crippen MR) is 57.4 cm³/mol. The molecule has 70 valence electrons. The zero-order valence-electron chi connectivity index (χ0n) is 8.18. The fraction of sp³-hybridized carbons (Fsp3) is 0.500. The van der Waals surface area contributed by atoms with Gasteiger partial charge in [0, 0.05) is 0 Å². The molecule has 0 saturated heterocycles. The van der Waals surface area contributed by atoms with Gasteiger partial charge in [-0.1, -0.05) is 32.0 Å². The van der Waals surface area contributed by atoms with Gasteiger partial charge in [0.2, 0.25) is 0 Å². The molecule has 1 aliphatic carbocycles. The zero-order chi connectivity index (χ0) is 9.42. The van der Waals surface area contributed by atoms with E-state index in [1.165, 1.54) is 16.7 Å². The van der Waals surface area contributed by atoms with E-state index in [0.29, 0.717) is 5.92 Å². The van der Waals surface area contributed by atoms with Gasteiger partial charge in [-0.15, -0.1) is 11.6 Å². The molecule has 0 aliphatic heterocycles. The number of hydrogen-bond acceptors (Lipinski definition) is 0. The molecule has 2 atom stereocenters. The van der Waals surface area contributed by atoms with Crippen LogP contribution in [0.3, 0.4) is 0 Å². The smallest absolute Gasteiger partial charge is 0.0593 e. The molecule has 0 spiro atoms. The van der Waals surface area contributed by atoms with Gasteiger partial charge < -0.3 is 0 Å². The van der Waals surface area contributed by atoms with Crippen molar-refractivity contribution in [2.75, 3.05) is 0 Å². The third-order valence-corrected chi connectivity index (χ3v) is 3.40. The van der Waals surface area contributed by atoms with Crippen LogP contribution in [0.15, 0.2) is 18.2 Å². The Morgan fingerprint density at radius 3 is 2.85 bits per heavy atom. The van der Waals surface area contributed by atoms with Crippen LogP contribution in [-0.4, -0.2) is 0 Å². The van der Waals surface area contributed by atoms with Crippen molar-refractivity contribution in [3.05, 3.63) is 34.9 Å². The molecular weight excluding hydrogens is 180 g/mol. The average Bonchev–Trinajstić information content (AvgIpc) is 2.42. The Kier molecular flexibility index (Phi) is 2.33.